The highest BCUT2D eigenvalue weighted by Gasteiger charge is 2.16. The Morgan fingerprint density at radius 2 is 2.17 bits per heavy atom. The van der Waals surface area contributed by atoms with E-state index in [0.717, 1.165) is 24.0 Å². The third-order valence-corrected chi connectivity index (χ3v) is 3.00. The van der Waals surface area contributed by atoms with Crippen LogP contribution in [0, 0.1) is 0 Å². The van der Waals surface area contributed by atoms with Crippen LogP contribution in [-0.2, 0) is 11.2 Å². The molecule has 18 heavy (non-hydrogen) atoms. The van der Waals surface area contributed by atoms with Crippen molar-refractivity contribution in [1.82, 2.24) is 5.32 Å². The molecule has 1 atom stereocenters. The fourth-order valence-corrected chi connectivity index (χ4v) is 1.92. The molecule has 4 heteroatoms. The number of benzene rings is 1. The van der Waals surface area contributed by atoms with Gasteiger partial charge in [-0.2, -0.15) is 0 Å². The van der Waals surface area contributed by atoms with Crippen LogP contribution in [0.1, 0.15) is 34.8 Å². The van der Waals surface area contributed by atoms with Gasteiger partial charge in [0.05, 0.1) is 0 Å². The lowest BCUT2D eigenvalue weighted by molar-refractivity contribution is -0.138. The highest BCUT2D eigenvalue weighted by Crippen LogP contribution is 2.20. The number of carboxylic acid groups (broad SMARTS) is 1. The minimum absolute atomic E-state index is 0.345. The van der Waals surface area contributed by atoms with Gasteiger partial charge in [-0.25, -0.2) is 0 Å². The lowest BCUT2D eigenvalue weighted by Crippen LogP contribution is -2.38. The molecular formula is C14H15NO3. The first-order valence-corrected chi connectivity index (χ1v) is 5.91. The third kappa shape index (κ3) is 2.59. The van der Waals surface area contributed by atoms with Crippen molar-refractivity contribution in [2.45, 2.75) is 25.8 Å². The smallest absolute Gasteiger partial charge is 0.325 e. The summed E-state index contributed by atoms with van der Waals surface area (Å²) >= 11 is 0. The molecule has 1 aliphatic carbocycles. The molecule has 94 valence electrons. The van der Waals surface area contributed by atoms with Gasteiger partial charge in [-0.3, -0.25) is 9.59 Å². The second kappa shape index (κ2) is 5.04. The Hall–Kier alpha value is -2.10. The molecule has 1 aromatic carbocycles. The summed E-state index contributed by atoms with van der Waals surface area (Å²) in [6.07, 6.45) is 6.04. The van der Waals surface area contributed by atoms with Crippen LogP contribution in [0.3, 0.4) is 0 Å². The highest BCUT2D eigenvalue weighted by molar-refractivity contribution is 5.96. The molecule has 2 N–H and O–H groups in total. The van der Waals surface area contributed by atoms with Crippen molar-refractivity contribution in [2.75, 3.05) is 0 Å². The van der Waals surface area contributed by atoms with E-state index in [1.165, 1.54) is 6.92 Å². The first-order valence-electron chi connectivity index (χ1n) is 5.91. The molecule has 2 rings (SSSR count). The molecule has 0 spiro atoms. The second-order valence-electron chi connectivity index (χ2n) is 4.39. The summed E-state index contributed by atoms with van der Waals surface area (Å²) in [7, 11) is 0. The first kappa shape index (κ1) is 12.4. The quantitative estimate of drug-likeness (QED) is 0.854. The number of allylic oxidation sites excluding steroid dienone is 1. The van der Waals surface area contributed by atoms with Crippen molar-refractivity contribution in [3.8, 4) is 0 Å². The van der Waals surface area contributed by atoms with Crippen molar-refractivity contribution >= 4 is 18.0 Å². The van der Waals surface area contributed by atoms with Crippen molar-refractivity contribution in [2.24, 2.45) is 0 Å². The topological polar surface area (TPSA) is 66.4 Å². The van der Waals surface area contributed by atoms with Gasteiger partial charge in [0.25, 0.3) is 5.91 Å². The maximum absolute atomic E-state index is 11.9. The summed E-state index contributed by atoms with van der Waals surface area (Å²) in [6, 6.07) is 4.57. The normalized spacial score (nSPS) is 14.7. The molecule has 1 amide bonds. The number of hydrogen-bond donors (Lipinski definition) is 2. The predicted molar refractivity (Wildman–Crippen MR) is 68.4 cm³/mol. The highest BCUT2D eigenvalue weighted by atomic mass is 16.4. The van der Waals surface area contributed by atoms with Gasteiger partial charge in [-0.15, -0.1) is 0 Å². The monoisotopic (exact) mass is 245 g/mol. The van der Waals surface area contributed by atoms with Crippen LogP contribution in [-0.4, -0.2) is 23.0 Å². The van der Waals surface area contributed by atoms with Gasteiger partial charge in [-0.05, 0) is 43.0 Å². The van der Waals surface area contributed by atoms with E-state index in [2.05, 4.69) is 11.4 Å². The van der Waals surface area contributed by atoms with E-state index in [4.69, 9.17) is 5.11 Å². The van der Waals surface area contributed by atoms with Crippen molar-refractivity contribution in [3.63, 3.8) is 0 Å². The summed E-state index contributed by atoms with van der Waals surface area (Å²) in [5.41, 5.74) is 2.77. The number of carboxylic acids is 1. The molecular weight excluding hydrogens is 230 g/mol. The van der Waals surface area contributed by atoms with Crippen LogP contribution in [0.4, 0.5) is 0 Å². The van der Waals surface area contributed by atoms with Crippen LogP contribution in [0.25, 0.3) is 6.08 Å². The van der Waals surface area contributed by atoms with Gasteiger partial charge in [0.2, 0.25) is 0 Å². The Labute approximate surface area is 105 Å². The fraction of sp³-hybridized carbons (Fsp3) is 0.286. The summed E-state index contributed by atoms with van der Waals surface area (Å²) in [5.74, 6) is -1.38. The number of aliphatic carboxylic acids is 1. The van der Waals surface area contributed by atoms with Crippen LogP contribution in [0.2, 0.25) is 0 Å². The van der Waals surface area contributed by atoms with Crippen molar-refractivity contribution < 1.29 is 14.7 Å². The first-order chi connectivity index (χ1) is 8.58. The Morgan fingerprint density at radius 3 is 2.89 bits per heavy atom. The number of nitrogens with one attached hydrogen (secondary N) is 1. The zero-order valence-corrected chi connectivity index (χ0v) is 10.1. The second-order valence-corrected chi connectivity index (χ2v) is 4.39. The van der Waals surface area contributed by atoms with E-state index in [-0.39, 0.29) is 5.91 Å². The third-order valence-electron chi connectivity index (χ3n) is 3.00. The minimum Gasteiger partial charge on any atom is -0.480 e. The number of rotatable bonds is 3. The molecule has 0 bridgehead atoms. The van der Waals surface area contributed by atoms with Crippen LogP contribution < -0.4 is 5.32 Å². The van der Waals surface area contributed by atoms with Gasteiger partial charge in [0, 0.05) is 5.56 Å². The number of hydrogen-bond acceptors (Lipinski definition) is 2. The zero-order chi connectivity index (χ0) is 13.1. The number of carbonyl (C=O) groups is 2. The Balaban J connectivity index is 2.16. The molecule has 4 nitrogen and oxygen atoms in total. The average Bonchev–Trinajstić information content (AvgIpc) is 2.37. The molecule has 0 aliphatic heterocycles. The van der Waals surface area contributed by atoms with Crippen molar-refractivity contribution in [1.29, 1.82) is 0 Å². The zero-order valence-electron chi connectivity index (χ0n) is 10.1. The number of carbonyl (C=O) groups excluding carboxylic acids is 1. The molecule has 0 saturated carbocycles. The van der Waals surface area contributed by atoms with Gasteiger partial charge in [0.15, 0.2) is 0 Å². The lowest BCUT2D eigenvalue weighted by atomic mass is 9.95. The maximum Gasteiger partial charge on any atom is 0.325 e. The molecule has 0 aromatic heterocycles. The summed E-state index contributed by atoms with van der Waals surface area (Å²) in [5, 5.41) is 11.2. The number of aryl methyl sites for hydroxylation is 1. The Kier molecular flexibility index (Phi) is 3.46. The van der Waals surface area contributed by atoms with Crippen molar-refractivity contribution in [3.05, 3.63) is 41.0 Å². The van der Waals surface area contributed by atoms with E-state index in [1.807, 2.05) is 18.2 Å². The summed E-state index contributed by atoms with van der Waals surface area (Å²) in [4.78, 5) is 22.5. The van der Waals surface area contributed by atoms with E-state index in [9.17, 15) is 9.59 Å². The maximum atomic E-state index is 11.9. The summed E-state index contributed by atoms with van der Waals surface area (Å²) < 4.78 is 0. The number of fused-ring (bicyclic) bond motifs is 1. The van der Waals surface area contributed by atoms with E-state index in [1.54, 1.807) is 6.07 Å². The Morgan fingerprint density at radius 1 is 1.39 bits per heavy atom. The van der Waals surface area contributed by atoms with E-state index in [0.29, 0.717) is 5.56 Å². The standard InChI is InChI=1S/C14H15NO3/c1-9(14(17)18)15-13(16)12-7-6-10-4-2-3-5-11(10)8-12/h2,4,6-9H,3,5H2,1H3,(H,15,16)(H,17,18)/t9-/m0/s1. The Bertz CT molecular complexity index is 520. The molecule has 1 aliphatic rings. The van der Waals surface area contributed by atoms with Crippen LogP contribution >= 0.6 is 0 Å². The SMILES string of the molecule is C[C@H](NC(=O)c1ccc2c(c1)CCC=C2)C(=O)O. The minimum atomic E-state index is -1.04. The van der Waals surface area contributed by atoms with E-state index < -0.39 is 12.0 Å². The fourth-order valence-electron chi connectivity index (χ4n) is 1.92. The van der Waals surface area contributed by atoms with Crippen LogP contribution in [0.5, 0.6) is 0 Å². The van der Waals surface area contributed by atoms with Gasteiger partial charge in [-0.1, -0.05) is 18.2 Å². The average molecular weight is 245 g/mol. The number of amides is 1. The predicted octanol–water partition coefficient (Wildman–Crippen LogP) is 1.85. The molecule has 0 radical (unpaired) electrons. The largest absolute Gasteiger partial charge is 0.480 e. The molecule has 0 heterocycles. The summed E-state index contributed by atoms with van der Waals surface area (Å²) in [6.45, 7) is 1.45. The molecule has 0 unspecified atom stereocenters. The van der Waals surface area contributed by atoms with Gasteiger partial charge < -0.3 is 10.4 Å². The lowest BCUT2D eigenvalue weighted by Gasteiger charge is -2.13. The molecule has 1 aromatic rings. The van der Waals surface area contributed by atoms with E-state index >= 15 is 0 Å². The molecule has 0 fully saturated rings. The molecule has 0 saturated heterocycles. The van der Waals surface area contributed by atoms with Crippen LogP contribution in [0.15, 0.2) is 24.3 Å². The van der Waals surface area contributed by atoms with Gasteiger partial charge >= 0.3 is 5.97 Å². The van der Waals surface area contributed by atoms with Gasteiger partial charge in [0.1, 0.15) is 6.04 Å².